The summed E-state index contributed by atoms with van der Waals surface area (Å²) in [5, 5.41) is 9.18. The average Bonchev–Trinajstić information content (AvgIpc) is 3.20. The van der Waals surface area contributed by atoms with E-state index in [9.17, 15) is 23.1 Å². The topological polar surface area (TPSA) is 108 Å². The van der Waals surface area contributed by atoms with Crippen molar-refractivity contribution in [2.75, 3.05) is 20.6 Å². The van der Waals surface area contributed by atoms with E-state index in [1.165, 1.54) is 19.0 Å². The normalized spacial score (nSPS) is 26.8. The van der Waals surface area contributed by atoms with Gasteiger partial charge in [-0.15, -0.1) is 0 Å². The van der Waals surface area contributed by atoms with Gasteiger partial charge in [0.15, 0.2) is 0 Å². The van der Waals surface area contributed by atoms with Crippen molar-refractivity contribution in [3.8, 4) is 0 Å². The first-order chi connectivity index (χ1) is 11.2. The summed E-state index contributed by atoms with van der Waals surface area (Å²) in [6.45, 7) is 0.390. The van der Waals surface area contributed by atoms with Gasteiger partial charge in [-0.05, 0) is 24.7 Å². The van der Waals surface area contributed by atoms with Crippen LogP contribution in [0.15, 0.2) is 21.8 Å². The van der Waals surface area contributed by atoms with Gasteiger partial charge in [0.2, 0.25) is 5.09 Å². The van der Waals surface area contributed by atoms with Crippen molar-refractivity contribution in [2.45, 2.75) is 30.4 Å². The van der Waals surface area contributed by atoms with Gasteiger partial charge in [0, 0.05) is 26.7 Å². The fraction of sp³-hybridized carbons (Fsp3) is 0.600. The van der Waals surface area contributed by atoms with E-state index in [0.717, 1.165) is 35.9 Å². The lowest BCUT2D eigenvalue weighted by Gasteiger charge is -2.23. The molecular weight excluding hydrogens is 336 g/mol. The monoisotopic (exact) mass is 356 g/mol. The van der Waals surface area contributed by atoms with Gasteiger partial charge < -0.3 is 14.4 Å². The summed E-state index contributed by atoms with van der Waals surface area (Å²) < 4.78 is 30.1. The van der Waals surface area contributed by atoms with Crippen molar-refractivity contribution in [1.82, 2.24) is 9.21 Å². The van der Waals surface area contributed by atoms with Crippen LogP contribution in [-0.2, 0) is 14.8 Å². The first kappa shape index (κ1) is 17.0. The van der Waals surface area contributed by atoms with Crippen LogP contribution in [0.25, 0.3) is 0 Å². The molecular formula is C15H20N2O6S. The molecule has 1 aromatic heterocycles. The van der Waals surface area contributed by atoms with E-state index >= 15 is 0 Å². The maximum atomic E-state index is 12.7. The summed E-state index contributed by atoms with van der Waals surface area (Å²) in [6.07, 6.45) is 3.78. The van der Waals surface area contributed by atoms with Crippen molar-refractivity contribution < 1.29 is 27.5 Å². The Labute approximate surface area is 140 Å². The molecule has 2 heterocycles. The smallest absolute Gasteiger partial charge is 0.326 e. The van der Waals surface area contributed by atoms with Gasteiger partial charge in [-0.2, -0.15) is 0 Å². The second kappa shape index (κ2) is 5.89. The second-order valence-corrected chi connectivity index (χ2v) is 8.62. The van der Waals surface area contributed by atoms with E-state index in [-0.39, 0.29) is 22.5 Å². The molecule has 1 aliphatic carbocycles. The number of carboxylic acid groups (broad SMARTS) is 1. The van der Waals surface area contributed by atoms with E-state index in [2.05, 4.69) is 0 Å². The Morgan fingerprint density at radius 1 is 1.33 bits per heavy atom. The van der Waals surface area contributed by atoms with Gasteiger partial charge in [-0.3, -0.25) is 4.79 Å². The number of carboxylic acids is 1. The number of carbonyl (C=O) groups excluding carboxylic acids is 1. The highest BCUT2D eigenvalue weighted by molar-refractivity contribution is 7.88. The van der Waals surface area contributed by atoms with Crippen LogP contribution >= 0.6 is 0 Å². The number of carbonyl (C=O) groups is 2. The van der Waals surface area contributed by atoms with E-state index in [4.69, 9.17) is 4.42 Å². The van der Waals surface area contributed by atoms with Gasteiger partial charge in [0.25, 0.3) is 15.9 Å². The Kier molecular flexibility index (Phi) is 4.16. The van der Waals surface area contributed by atoms with Crippen molar-refractivity contribution in [1.29, 1.82) is 0 Å². The highest BCUT2D eigenvalue weighted by Crippen LogP contribution is 2.42. The van der Waals surface area contributed by atoms with Crippen molar-refractivity contribution in [3.63, 3.8) is 0 Å². The highest BCUT2D eigenvalue weighted by atomic mass is 32.2. The molecule has 24 heavy (non-hydrogen) atoms. The molecule has 2 fully saturated rings. The molecule has 1 aromatic rings. The molecule has 132 valence electrons. The van der Waals surface area contributed by atoms with Crippen LogP contribution in [0.5, 0.6) is 0 Å². The minimum Gasteiger partial charge on any atom is -0.480 e. The zero-order valence-electron chi connectivity index (χ0n) is 13.5. The summed E-state index contributed by atoms with van der Waals surface area (Å²) in [4.78, 5) is 25.7. The number of amides is 1. The van der Waals surface area contributed by atoms with Crippen molar-refractivity contribution in [3.05, 3.63) is 17.9 Å². The zero-order valence-corrected chi connectivity index (χ0v) is 14.3. The molecule has 3 rings (SSSR count). The summed E-state index contributed by atoms with van der Waals surface area (Å²) in [5.41, 5.74) is 0.0571. The molecule has 0 spiro atoms. The molecule has 1 aliphatic heterocycles. The van der Waals surface area contributed by atoms with Gasteiger partial charge in [0.05, 0.1) is 5.56 Å². The number of aliphatic carboxylic acids is 1. The minimum absolute atomic E-state index is 0.0247. The number of sulfonamides is 1. The fourth-order valence-electron chi connectivity index (χ4n) is 3.74. The third-order valence-corrected chi connectivity index (χ3v) is 6.65. The number of hydrogen-bond donors (Lipinski definition) is 1. The summed E-state index contributed by atoms with van der Waals surface area (Å²) >= 11 is 0. The van der Waals surface area contributed by atoms with Gasteiger partial charge in [0.1, 0.15) is 12.3 Å². The lowest BCUT2D eigenvalue weighted by Crippen LogP contribution is -2.43. The summed E-state index contributed by atoms with van der Waals surface area (Å²) in [5.74, 6) is -1.33. The molecule has 9 heteroatoms. The van der Waals surface area contributed by atoms with Crippen LogP contribution in [0.2, 0.25) is 0 Å². The van der Waals surface area contributed by atoms with Gasteiger partial charge in [-0.1, -0.05) is 6.42 Å². The van der Waals surface area contributed by atoms with Crippen LogP contribution in [0.1, 0.15) is 29.6 Å². The van der Waals surface area contributed by atoms with Crippen LogP contribution < -0.4 is 0 Å². The molecule has 2 aliphatic rings. The quantitative estimate of drug-likeness (QED) is 0.857. The molecule has 3 atom stereocenters. The summed E-state index contributed by atoms with van der Waals surface area (Å²) in [7, 11) is -1.05. The molecule has 1 amide bonds. The SMILES string of the molecule is CN(C)S(=O)(=O)c1cc(C(=O)N2CC3CCCC3C2C(=O)O)co1. The van der Waals surface area contributed by atoms with E-state index < -0.39 is 27.9 Å². The number of furan rings is 1. The highest BCUT2D eigenvalue weighted by Gasteiger charge is 2.49. The number of fused-ring (bicyclic) bond motifs is 1. The first-order valence-electron chi connectivity index (χ1n) is 7.78. The predicted octanol–water partition coefficient (Wildman–Crippen LogP) is 0.855. The van der Waals surface area contributed by atoms with Crippen LogP contribution in [0.4, 0.5) is 0 Å². The standard InChI is InChI=1S/C15H20N2O6S/c1-16(2)24(21,22)12-6-10(8-23-12)14(18)17-7-9-4-3-5-11(9)13(17)15(19)20/h6,8-9,11,13H,3-5,7H2,1-2H3,(H,19,20). The Bertz CT molecular complexity index is 769. The molecule has 1 saturated carbocycles. The maximum Gasteiger partial charge on any atom is 0.326 e. The Hall–Kier alpha value is -1.87. The predicted molar refractivity (Wildman–Crippen MR) is 82.9 cm³/mol. The molecule has 0 radical (unpaired) electrons. The number of rotatable bonds is 4. The number of nitrogens with zero attached hydrogens (tertiary/aromatic N) is 2. The molecule has 1 saturated heterocycles. The van der Waals surface area contributed by atoms with Crippen molar-refractivity contribution in [2.24, 2.45) is 11.8 Å². The van der Waals surface area contributed by atoms with E-state index in [0.29, 0.717) is 6.54 Å². The largest absolute Gasteiger partial charge is 0.480 e. The first-order valence-corrected chi connectivity index (χ1v) is 9.22. The van der Waals surface area contributed by atoms with E-state index in [1.807, 2.05) is 0 Å². The molecule has 1 N–H and O–H groups in total. The van der Waals surface area contributed by atoms with E-state index in [1.54, 1.807) is 0 Å². The van der Waals surface area contributed by atoms with Gasteiger partial charge >= 0.3 is 5.97 Å². The number of hydrogen-bond acceptors (Lipinski definition) is 5. The van der Waals surface area contributed by atoms with Crippen molar-refractivity contribution >= 4 is 21.9 Å². The Morgan fingerprint density at radius 3 is 2.67 bits per heavy atom. The average molecular weight is 356 g/mol. The third kappa shape index (κ3) is 2.61. The second-order valence-electron chi connectivity index (χ2n) is 6.54. The van der Waals surface area contributed by atoms with Crippen LogP contribution in [-0.4, -0.2) is 61.3 Å². The van der Waals surface area contributed by atoms with Gasteiger partial charge in [-0.25, -0.2) is 17.5 Å². The molecule has 0 aromatic carbocycles. The maximum absolute atomic E-state index is 12.7. The minimum atomic E-state index is -3.78. The lowest BCUT2D eigenvalue weighted by molar-refractivity contribution is -0.142. The fourth-order valence-corrected chi connectivity index (χ4v) is 4.55. The van der Waals surface area contributed by atoms with Crippen LogP contribution in [0.3, 0.4) is 0 Å². The van der Waals surface area contributed by atoms with Crippen LogP contribution in [0, 0.1) is 11.8 Å². The lowest BCUT2D eigenvalue weighted by atomic mass is 9.94. The Balaban J connectivity index is 1.87. The number of likely N-dealkylation sites (tertiary alicyclic amines) is 1. The molecule has 3 unspecified atom stereocenters. The summed E-state index contributed by atoms with van der Waals surface area (Å²) in [6, 6.07) is 0.304. The molecule has 8 nitrogen and oxygen atoms in total. The third-order valence-electron chi connectivity index (χ3n) is 4.96. The molecule has 0 bridgehead atoms. The zero-order chi connectivity index (χ0) is 17.6. The Morgan fingerprint density at radius 2 is 2.04 bits per heavy atom.